The SMILES string of the molecule is CC(C)(C)C1CCC(c2n[nH]c(=S)o2)CC1. The summed E-state index contributed by atoms with van der Waals surface area (Å²) >= 11 is 4.90. The predicted octanol–water partition coefficient (Wildman–Crippen LogP) is 4.05. The van der Waals surface area contributed by atoms with Crippen LogP contribution >= 0.6 is 12.2 Å². The second kappa shape index (κ2) is 4.32. The zero-order valence-electron chi connectivity index (χ0n) is 10.2. The second-order valence-electron chi connectivity index (χ2n) is 5.87. The van der Waals surface area contributed by atoms with Gasteiger partial charge in [0.15, 0.2) is 0 Å². The molecule has 0 bridgehead atoms. The van der Waals surface area contributed by atoms with Crippen molar-refractivity contribution in [2.75, 3.05) is 0 Å². The summed E-state index contributed by atoms with van der Waals surface area (Å²) in [5.41, 5.74) is 0.427. The van der Waals surface area contributed by atoms with Crippen LogP contribution in [0.2, 0.25) is 0 Å². The van der Waals surface area contributed by atoms with Crippen LogP contribution in [0.4, 0.5) is 0 Å². The Balaban J connectivity index is 1.98. The monoisotopic (exact) mass is 240 g/mol. The van der Waals surface area contributed by atoms with Gasteiger partial charge in [0.1, 0.15) is 0 Å². The molecule has 0 radical (unpaired) electrons. The van der Waals surface area contributed by atoms with E-state index in [0.717, 1.165) is 11.8 Å². The van der Waals surface area contributed by atoms with Gasteiger partial charge in [-0.1, -0.05) is 20.8 Å². The highest BCUT2D eigenvalue weighted by atomic mass is 32.1. The van der Waals surface area contributed by atoms with E-state index < -0.39 is 0 Å². The first-order valence-corrected chi connectivity index (χ1v) is 6.43. The molecular weight excluding hydrogens is 220 g/mol. The Morgan fingerprint density at radius 1 is 1.25 bits per heavy atom. The molecule has 0 saturated heterocycles. The summed E-state index contributed by atoms with van der Waals surface area (Å²) in [5.74, 6) is 2.09. The molecule has 1 saturated carbocycles. The van der Waals surface area contributed by atoms with Crippen molar-refractivity contribution < 1.29 is 4.42 Å². The maximum atomic E-state index is 5.39. The van der Waals surface area contributed by atoms with E-state index in [1.807, 2.05) is 0 Å². The molecule has 0 aromatic carbocycles. The number of rotatable bonds is 1. The number of hydrogen-bond acceptors (Lipinski definition) is 3. The average Bonchev–Trinajstić information content (AvgIpc) is 2.64. The highest BCUT2D eigenvalue weighted by Crippen LogP contribution is 2.42. The fourth-order valence-corrected chi connectivity index (χ4v) is 2.75. The summed E-state index contributed by atoms with van der Waals surface area (Å²) in [6.45, 7) is 6.99. The van der Waals surface area contributed by atoms with Gasteiger partial charge >= 0.3 is 0 Å². The van der Waals surface area contributed by atoms with Crippen LogP contribution in [0.15, 0.2) is 4.42 Å². The molecule has 0 spiro atoms. The highest BCUT2D eigenvalue weighted by molar-refractivity contribution is 7.71. The Morgan fingerprint density at radius 3 is 2.31 bits per heavy atom. The van der Waals surface area contributed by atoms with Gasteiger partial charge in [0.05, 0.1) is 0 Å². The van der Waals surface area contributed by atoms with Crippen molar-refractivity contribution >= 4 is 12.2 Å². The van der Waals surface area contributed by atoms with Crippen LogP contribution in [-0.2, 0) is 0 Å². The first-order chi connectivity index (χ1) is 7.47. The third-order valence-corrected chi connectivity index (χ3v) is 3.93. The van der Waals surface area contributed by atoms with E-state index in [1.54, 1.807) is 0 Å². The van der Waals surface area contributed by atoms with E-state index >= 15 is 0 Å². The van der Waals surface area contributed by atoms with Crippen molar-refractivity contribution in [1.82, 2.24) is 10.2 Å². The average molecular weight is 240 g/mol. The number of nitrogens with zero attached hydrogens (tertiary/aromatic N) is 1. The maximum absolute atomic E-state index is 5.39. The van der Waals surface area contributed by atoms with Gasteiger partial charge in [-0.25, -0.2) is 5.10 Å². The van der Waals surface area contributed by atoms with Gasteiger partial charge in [-0.05, 0) is 49.2 Å². The topological polar surface area (TPSA) is 41.8 Å². The quantitative estimate of drug-likeness (QED) is 0.753. The number of H-pyrrole nitrogens is 1. The van der Waals surface area contributed by atoms with E-state index in [9.17, 15) is 0 Å². The normalized spacial score (nSPS) is 26.9. The van der Waals surface area contributed by atoms with Gasteiger partial charge in [-0.3, -0.25) is 0 Å². The Bertz CT molecular complexity index is 394. The van der Waals surface area contributed by atoms with Gasteiger partial charge < -0.3 is 4.42 Å². The third kappa shape index (κ3) is 2.54. The van der Waals surface area contributed by atoms with Crippen LogP contribution in [0.5, 0.6) is 0 Å². The summed E-state index contributed by atoms with van der Waals surface area (Å²) < 4.78 is 5.39. The van der Waals surface area contributed by atoms with Crippen LogP contribution in [0.25, 0.3) is 0 Å². The fraction of sp³-hybridized carbons (Fsp3) is 0.833. The number of aromatic nitrogens is 2. The van der Waals surface area contributed by atoms with E-state index in [1.165, 1.54) is 25.7 Å². The largest absolute Gasteiger partial charge is 0.414 e. The molecule has 0 aliphatic heterocycles. The minimum absolute atomic E-state index is 0.396. The van der Waals surface area contributed by atoms with Crippen molar-refractivity contribution in [3.05, 3.63) is 10.7 Å². The second-order valence-corrected chi connectivity index (χ2v) is 6.24. The zero-order chi connectivity index (χ0) is 11.8. The van der Waals surface area contributed by atoms with Crippen molar-refractivity contribution in [2.45, 2.75) is 52.4 Å². The van der Waals surface area contributed by atoms with Crippen LogP contribution in [0.1, 0.15) is 58.3 Å². The summed E-state index contributed by atoms with van der Waals surface area (Å²) in [6.07, 6.45) is 4.88. The molecular formula is C12H20N2OS. The lowest BCUT2D eigenvalue weighted by molar-refractivity contribution is 0.161. The molecule has 0 amide bonds. The molecule has 1 fully saturated rings. The van der Waals surface area contributed by atoms with Crippen LogP contribution in [-0.4, -0.2) is 10.2 Å². The molecule has 3 nitrogen and oxygen atoms in total. The van der Waals surface area contributed by atoms with Crippen LogP contribution in [0, 0.1) is 16.2 Å². The number of nitrogens with one attached hydrogen (secondary N) is 1. The minimum atomic E-state index is 0.396. The van der Waals surface area contributed by atoms with Crippen molar-refractivity contribution in [2.24, 2.45) is 11.3 Å². The van der Waals surface area contributed by atoms with Crippen molar-refractivity contribution in [3.63, 3.8) is 0 Å². The molecule has 1 heterocycles. The van der Waals surface area contributed by atoms with E-state index in [-0.39, 0.29) is 0 Å². The van der Waals surface area contributed by atoms with Crippen LogP contribution < -0.4 is 0 Å². The summed E-state index contributed by atoms with van der Waals surface area (Å²) in [7, 11) is 0. The van der Waals surface area contributed by atoms with Crippen molar-refractivity contribution in [1.29, 1.82) is 0 Å². The van der Waals surface area contributed by atoms with E-state index in [4.69, 9.17) is 16.6 Å². The third-order valence-electron chi connectivity index (χ3n) is 3.76. The summed E-state index contributed by atoms with van der Waals surface area (Å²) in [6, 6.07) is 0. The molecule has 1 aliphatic carbocycles. The Kier molecular flexibility index (Phi) is 3.19. The molecule has 0 unspecified atom stereocenters. The smallest absolute Gasteiger partial charge is 0.284 e. The van der Waals surface area contributed by atoms with Gasteiger partial charge in [0.25, 0.3) is 4.84 Å². The molecule has 90 valence electrons. The molecule has 1 aromatic rings. The molecule has 2 rings (SSSR count). The molecule has 1 aliphatic rings. The Hall–Kier alpha value is -0.640. The Labute approximate surface area is 102 Å². The standard InChI is InChI=1S/C12H20N2OS/c1-12(2,3)9-6-4-8(5-7-9)10-13-14-11(16)15-10/h8-9H,4-7H2,1-3H3,(H,14,16). The minimum Gasteiger partial charge on any atom is -0.414 e. The molecule has 16 heavy (non-hydrogen) atoms. The molecule has 1 N–H and O–H groups in total. The highest BCUT2D eigenvalue weighted by Gasteiger charge is 2.31. The lowest BCUT2D eigenvalue weighted by Crippen LogP contribution is -2.25. The van der Waals surface area contributed by atoms with E-state index in [2.05, 4.69) is 31.0 Å². The summed E-state index contributed by atoms with van der Waals surface area (Å²) in [5, 5.41) is 6.84. The van der Waals surface area contributed by atoms with Gasteiger partial charge in [-0.2, -0.15) is 0 Å². The Morgan fingerprint density at radius 2 is 1.88 bits per heavy atom. The number of hydrogen-bond donors (Lipinski definition) is 1. The molecule has 4 heteroatoms. The van der Waals surface area contributed by atoms with Crippen molar-refractivity contribution in [3.8, 4) is 0 Å². The lowest BCUT2D eigenvalue weighted by atomic mass is 9.70. The van der Waals surface area contributed by atoms with E-state index in [0.29, 0.717) is 16.2 Å². The first kappa shape index (κ1) is 11.8. The van der Waals surface area contributed by atoms with Gasteiger partial charge in [-0.15, -0.1) is 5.10 Å². The number of aromatic amines is 1. The molecule has 1 aromatic heterocycles. The first-order valence-electron chi connectivity index (χ1n) is 6.02. The summed E-state index contributed by atoms with van der Waals surface area (Å²) in [4.78, 5) is 0.396. The molecule has 0 atom stereocenters. The maximum Gasteiger partial charge on any atom is 0.284 e. The lowest BCUT2D eigenvalue weighted by Gasteiger charge is -2.36. The van der Waals surface area contributed by atoms with Gasteiger partial charge in [0, 0.05) is 5.92 Å². The van der Waals surface area contributed by atoms with Gasteiger partial charge in [0.2, 0.25) is 5.89 Å². The fourth-order valence-electron chi connectivity index (χ4n) is 2.62. The van der Waals surface area contributed by atoms with Crippen LogP contribution in [0.3, 0.4) is 0 Å². The predicted molar refractivity (Wildman–Crippen MR) is 65.8 cm³/mol. The zero-order valence-corrected chi connectivity index (χ0v) is 11.1.